The van der Waals surface area contributed by atoms with Crippen LogP contribution in [0, 0.1) is 0 Å². The maximum atomic E-state index is 10.5. The summed E-state index contributed by atoms with van der Waals surface area (Å²) in [4.78, 5) is 17.2. The average Bonchev–Trinajstić information content (AvgIpc) is 2.29. The second kappa shape index (κ2) is 6.34. The van der Waals surface area contributed by atoms with Crippen molar-refractivity contribution in [3.05, 3.63) is 46.1 Å². The van der Waals surface area contributed by atoms with Gasteiger partial charge in [0.25, 0.3) is 0 Å². The molecule has 1 heterocycles. The molecule has 0 N–H and O–H groups in total. The molecule has 0 bridgehead atoms. The van der Waals surface area contributed by atoms with Crippen LogP contribution in [-0.4, -0.2) is 17.8 Å². The molecule has 0 saturated carbocycles. The molecule has 5 heteroatoms. The second-order valence-electron chi connectivity index (χ2n) is 2.78. The van der Waals surface area contributed by atoms with Crippen LogP contribution in [-0.2, 0) is 0 Å². The lowest BCUT2D eigenvalue weighted by atomic mass is 10.2. The van der Waals surface area contributed by atoms with Crippen molar-refractivity contribution in [2.45, 2.75) is 6.42 Å². The molecule has 0 radical (unpaired) electrons. The molecule has 0 aliphatic heterocycles. The minimum atomic E-state index is 0.431. The zero-order valence-electron chi connectivity index (χ0n) is 8.08. The van der Waals surface area contributed by atoms with Crippen molar-refractivity contribution in [3.63, 3.8) is 0 Å². The van der Waals surface area contributed by atoms with Crippen LogP contribution in [0.25, 0.3) is 16.5 Å². The van der Waals surface area contributed by atoms with E-state index in [0.717, 1.165) is 12.0 Å². The number of rotatable bonds is 5. The molecule has 0 aliphatic carbocycles. The number of aromatic nitrogens is 1. The molecule has 0 fully saturated rings. The number of azide groups is 1. The zero-order valence-corrected chi connectivity index (χ0v) is 8.08. The lowest BCUT2D eigenvalue weighted by molar-refractivity contribution is 0.112. The van der Waals surface area contributed by atoms with Crippen molar-refractivity contribution in [2.24, 2.45) is 5.11 Å². The monoisotopic (exact) mass is 202 g/mol. The molecule has 0 aromatic carbocycles. The van der Waals surface area contributed by atoms with Gasteiger partial charge in [-0.05, 0) is 30.2 Å². The van der Waals surface area contributed by atoms with Crippen LogP contribution in [0.5, 0.6) is 0 Å². The third kappa shape index (κ3) is 4.06. The SMILES string of the molecule is [N-]=[N+]=NCCC=Cc1cc(C=O)ccn1. The van der Waals surface area contributed by atoms with Gasteiger partial charge in [0.1, 0.15) is 6.29 Å². The normalized spacial score (nSPS) is 9.87. The first-order valence-corrected chi connectivity index (χ1v) is 4.45. The standard InChI is InChI=1S/C10H10N4O/c11-14-13-5-2-1-3-10-7-9(8-15)4-6-12-10/h1,3-4,6-8H,2,5H2. The number of aldehydes is 1. The summed E-state index contributed by atoms with van der Waals surface area (Å²) in [6.45, 7) is 0.431. The van der Waals surface area contributed by atoms with Gasteiger partial charge in [-0.3, -0.25) is 9.78 Å². The molecular weight excluding hydrogens is 192 g/mol. The molecule has 1 rings (SSSR count). The minimum absolute atomic E-state index is 0.431. The molecule has 0 amide bonds. The van der Waals surface area contributed by atoms with E-state index in [1.54, 1.807) is 24.4 Å². The lowest BCUT2D eigenvalue weighted by Gasteiger charge is -1.93. The topological polar surface area (TPSA) is 78.7 Å². The van der Waals surface area contributed by atoms with E-state index in [4.69, 9.17) is 5.53 Å². The second-order valence-corrected chi connectivity index (χ2v) is 2.78. The number of hydrogen-bond acceptors (Lipinski definition) is 3. The fraction of sp³-hybridized carbons (Fsp3) is 0.200. The molecular formula is C10H10N4O. The summed E-state index contributed by atoms with van der Waals surface area (Å²) in [5.74, 6) is 0. The van der Waals surface area contributed by atoms with Crippen molar-refractivity contribution >= 4 is 12.4 Å². The number of pyridine rings is 1. The number of nitrogens with zero attached hydrogens (tertiary/aromatic N) is 4. The van der Waals surface area contributed by atoms with Crippen LogP contribution < -0.4 is 0 Å². The summed E-state index contributed by atoms with van der Waals surface area (Å²) < 4.78 is 0. The fourth-order valence-corrected chi connectivity index (χ4v) is 1.01. The van der Waals surface area contributed by atoms with Crippen LogP contribution in [0.2, 0.25) is 0 Å². The molecule has 0 unspecified atom stereocenters. The van der Waals surface area contributed by atoms with Gasteiger partial charge in [-0.25, -0.2) is 0 Å². The molecule has 0 atom stereocenters. The lowest BCUT2D eigenvalue weighted by Crippen LogP contribution is -1.84. The first-order chi connectivity index (χ1) is 7.36. The Balaban J connectivity index is 2.55. The van der Waals surface area contributed by atoms with Crippen molar-refractivity contribution in [2.75, 3.05) is 6.54 Å². The Hall–Kier alpha value is -2.13. The smallest absolute Gasteiger partial charge is 0.150 e. The van der Waals surface area contributed by atoms with Crippen LogP contribution in [0.1, 0.15) is 22.5 Å². The van der Waals surface area contributed by atoms with Crippen LogP contribution in [0.4, 0.5) is 0 Å². The Labute approximate surface area is 87.1 Å². The van der Waals surface area contributed by atoms with Crippen molar-refractivity contribution in [1.29, 1.82) is 0 Å². The number of hydrogen-bond donors (Lipinski definition) is 0. The van der Waals surface area contributed by atoms with E-state index in [0.29, 0.717) is 18.5 Å². The van der Waals surface area contributed by atoms with Gasteiger partial charge >= 0.3 is 0 Å². The highest BCUT2D eigenvalue weighted by molar-refractivity contribution is 5.75. The molecule has 1 aromatic rings. The molecule has 0 aliphatic rings. The number of carbonyl (C=O) groups excluding carboxylic acids is 1. The maximum absolute atomic E-state index is 10.5. The van der Waals surface area contributed by atoms with Crippen LogP contribution in [0.3, 0.4) is 0 Å². The Bertz CT molecular complexity index is 408. The predicted octanol–water partition coefficient (Wildman–Crippen LogP) is 2.61. The van der Waals surface area contributed by atoms with Crippen molar-refractivity contribution in [1.82, 2.24) is 4.98 Å². The Kier molecular flexibility index (Phi) is 4.63. The Morgan fingerprint density at radius 3 is 3.20 bits per heavy atom. The van der Waals surface area contributed by atoms with E-state index in [2.05, 4.69) is 15.0 Å². The predicted molar refractivity (Wildman–Crippen MR) is 57.3 cm³/mol. The van der Waals surface area contributed by atoms with Gasteiger partial charge in [-0.2, -0.15) is 0 Å². The highest BCUT2D eigenvalue weighted by Gasteiger charge is 1.91. The summed E-state index contributed by atoms with van der Waals surface area (Å²) in [5.41, 5.74) is 9.35. The molecule has 5 nitrogen and oxygen atoms in total. The van der Waals surface area contributed by atoms with E-state index in [1.807, 2.05) is 6.08 Å². The quantitative estimate of drug-likeness (QED) is 0.242. The van der Waals surface area contributed by atoms with Gasteiger partial charge in [0, 0.05) is 23.2 Å². The summed E-state index contributed by atoms with van der Waals surface area (Å²) in [5, 5.41) is 3.39. The Morgan fingerprint density at radius 1 is 1.60 bits per heavy atom. The first kappa shape index (κ1) is 10.9. The van der Waals surface area contributed by atoms with Crippen molar-refractivity contribution < 1.29 is 4.79 Å². The largest absolute Gasteiger partial charge is 0.298 e. The summed E-state index contributed by atoms with van der Waals surface area (Å²) in [7, 11) is 0. The van der Waals surface area contributed by atoms with Gasteiger partial charge in [0.05, 0.1) is 5.69 Å². The first-order valence-electron chi connectivity index (χ1n) is 4.45. The Morgan fingerprint density at radius 2 is 2.47 bits per heavy atom. The highest BCUT2D eigenvalue weighted by atomic mass is 16.1. The molecule has 0 saturated heterocycles. The van der Waals surface area contributed by atoms with E-state index in [1.165, 1.54) is 0 Å². The van der Waals surface area contributed by atoms with E-state index in [9.17, 15) is 4.79 Å². The van der Waals surface area contributed by atoms with Gasteiger partial charge < -0.3 is 0 Å². The van der Waals surface area contributed by atoms with Crippen LogP contribution >= 0.6 is 0 Å². The molecule has 1 aromatic heterocycles. The van der Waals surface area contributed by atoms with Gasteiger partial charge in [0.2, 0.25) is 0 Å². The van der Waals surface area contributed by atoms with Crippen molar-refractivity contribution in [3.8, 4) is 0 Å². The summed E-state index contributed by atoms with van der Waals surface area (Å²) in [6.07, 6.45) is 6.67. The van der Waals surface area contributed by atoms with Gasteiger partial charge in [0.15, 0.2) is 0 Å². The minimum Gasteiger partial charge on any atom is -0.298 e. The van der Waals surface area contributed by atoms with Gasteiger partial charge in [-0.1, -0.05) is 11.2 Å². The fourth-order valence-electron chi connectivity index (χ4n) is 1.01. The third-order valence-electron chi connectivity index (χ3n) is 1.69. The zero-order chi connectivity index (χ0) is 10.9. The van der Waals surface area contributed by atoms with E-state index in [-0.39, 0.29) is 0 Å². The van der Waals surface area contributed by atoms with Gasteiger partial charge in [-0.15, -0.1) is 0 Å². The molecule has 0 spiro atoms. The van der Waals surface area contributed by atoms with Crippen LogP contribution in [0.15, 0.2) is 29.5 Å². The summed E-state index contributed by atoms with van der Waals surface area (Å²) in [6, 6.07) is 3.33. The molecule has 15 heavy (non-hydrogen) atoms. The average molecular weight is 202 g/mol. The number of carbonyl (C=O) groups is 1. The maximum Gasteiger partial charge on any atom is 0.150 e. The summed E-state index contributed by atoms with van der Waals surface area (Å²) >= 11 is 0. The molecule has 76 valence electrons. The van der Waals surface area contributed by atoms with E-state index < -0.39 is 0 Å². The third-order valence-corrected chi connectivity index (χ3v) is 1.69. The van der Waals surface area contributed by atoms with E-state index >= 15 is 0 Å². The highest BCUT2D eigenvalue weighted by Crippen LogP contribution is 2.02.